The minimum Gasteiger partial charge on any atom is -0.442 e. The molecule has 0 saturated carbocycles. The fraction of sp³-hybridized carbons (Fsp3) is 0.556. The quantitative estimate of drug-likeness (QED) is 0.516. The maximum atomic E-state index is 10.9. The summed E-state index contributed by atoms with van der Waals surface area (Å²) in [4.78, 5) is 26.1. The number of hydrogen-bond donors (Lipinski definition) is 1. The van der Waals surface area contributed by atoms with E-state index in [1.54, 1.807) is 20.8 Å². The molecule has 0 unspecified atom stereocenters. The van der Waals surface area contributed by atoms with Gasteiger partial charge in [-0.25, -0.2) is 9.59 Å². The summed E-state index contributed by atoms with van der Waals surface area (Å²) in [6.45, 7) is 9.92. The third-order valence-electron chi connectivity index (χ3n) is 0.974. The highest BCUT2D eigenvalue weighted by Gasteiger charge is 2.17. The lowest BCUT2D eigenvalue weighted by Crippen LogP contribution is -2.34. The Labute approximate surface area is 83.0 Å². The fourth-order valence-corrected chi connectivity index (χ4v) is 0.474. The van der Waals surface area contributed by atoms with E-state index in [0.29, 0.717) is 0 Å². The third kappa shape index (κ3) is 6.05. The Balaban J connectivity index is 3.87. The number of rotatable bonds is 1. The van der Waals surface area contributed by atoms with E-state index >= 15 is 0 Å². The van der Waals surface area contributed by atoms with Crippen LogP contribution in [0.1, 0.15) is 27.7 Å². The molecule has 0 fully saturated rings. The first-order valence-electron chi connectivity index (χ1n) is 4.08. The van der Waals surface area contributed by atoms with E-state index in [9.17, 15) is 9.59 Å². The average Bonchev–Trinajstić information content (AvgIpc) is 1.96. The SMILES string of the molecule is C=C(C)C(=O)ONC(=O)OC(C)(C)C. The van der Waals surface area contributed by atoms with Crippen LogP contribution in [0.15, 0.2) is 12.2 Å². The Morgan fingerprint density at radius 2 is 1.79 bits per heavy atom. The number of carbonyl (C=O) groups excluding carboxylic acids is 2. The Morgan fingerprint density at radius 3 is 2.14 bits per heavy atom. The first-order valence-corrected chi connectivity index (χ1v) is 4.08. The van der Waals surface area contributed by atoms with Gasteiger partial charge in [-0.3, -0.25) is 0 Å². The Hall–Kier alpha value is -1.52. The largest absolute Gasteiger partial charge is 0.442 e. The first kappa shape index (κ1) is 12.5. The Bertz CT molecular complexity index is 252. The summed E-state index contributed by atoms with van der Waals surface area (Å²) < 4.78 is 4.81. The summed E-state index contributed by atoms with van der Waals surface area (Å²) in [5.41, 5.74) is 1.42. The predicted octanol–water partition coefficient (Wildman–Crippen LogP) is 1.55. The lowest BCUT2D eigenvalue weighted by Gasteiger charge is -2.19. The van der Waals surface area contributed by atoms with Crippen molar-refractivity contribution in [1.82, 2.24) is 5.48 Å². The first-order chi connectivity index (χ1) is 6.22. The lowest BCUT2D eigenvalue weighted by atomic mass is 10.2. The van der Waals surface area contributed by atoms with Gasteiger partial charge < -0.3 is 9.57 Å². The number of hydrogen-bond acceptors (Lipinski definition) is 4. The van der Waals surface area contributed by atoms with Gasteiger partial charge in [0.25, 0.3) is 0 Å². The molecule has 0 aliphatic carbocycles. The van der Waals surface area contributed by atoms with Crippen LogP contribution in [0.25, 0.3) is 0 Å². The Kier molecular flexibility index (Phi) is 4.14. The van der Waals surface area contributed by atoms with Gasteiger partial charge in [0.15, 0.2) is 0 Å². The number of ether oxygens (including phenoxy) is 1. The van der Waals surface area contributed by atoms with Crippen molar-refractivity contribution in [3.8, 4) is 0 Å². The van der Waals surface area contributed by atoms with Crippen molar-refractivity contribution in [2.75, 3.05) is 0 Å². The molecule has 0 bridgehead atoms. The molecule has 0 aliphatic rings. The minimum absolute atomic E-state index is 0.195. The van der Waals surface area contributed by atoms with Gasteiger partial charge in [-0.15, -0.1) is 5.48 Å². The van der Waals surface area contributed by atoms with Crippen LogP contribution in [0, 0.1) is 0 Å². The van der Waals surface area contributed by atoms with Gasteiger partial charge in [-0.05, 0) is 27.7 Å². The van der Waals surface area contributed by atoms with Gasteiger partial charge in [0.2, 0.25) is 0 Å². The van der Waals surface area contributed by atoms with Crippen LogP contribution in [0.3, 0.4) is 0 Å². The summed E-state index contributed by atoms with van der Waals surface area (Å²) in [5.74, 6) is -0.698. The number of hydroxylamine groups is 1. The van der Waals surface area contributed by atoms with E-state index in [2.05, 4.69) is 11.4 Å². The molecule has 0 aliphatic heterocycles. The van der Waals surface area contributed by atoms with Crippen molar-refractivity contribution in [2.45, 2.75) is 33.3 Å². The molecule has 0 radical (unpaired) electrons. The molecular weight excluding hydrogens is 186 g/mol. The molecule has 0 aromatic rings. The summed E-state index contributed by atoms with van der Waals surface area (Å²) >= 11 is 0. The zero-order valence-electron chi connectivity index (χ0n) is 8.84. The second kappa shape index (κ2) is 4.64. The molecule has 0 rings (SSSR count). The maximum absolute atomic E-state index is 10.9. The molecule has 5 heteroatoms. The molecule has 0 aromatic carbocycles. The maximum Gasteiger partial charge on any atom is 0.441 e. The van der Waals surface area contributed by atoms with Gasteiger partial charge >= 0.3 is 12.1 Å². The molecule has 0 spiro atoms. The van der Waals surface area contributed by atoms with Crippen LogP contribution >= 0.6 is 0 Å². The van der Waals surface area contributed by atoms with Gasteiger partial charge in [0.1, 0.15) is 5.60 Å². The van der Waals surface area contributed by atoms with Gasteiger partial charge in [-0.1, -0.05) is 6.58 Å². The monoisotopic (exact) mass is 201 g/mol. The number of amides is 1. The summed E-state index contributed by atoms with van der Waals surface area (Å²) in [6.07, 6.45) is -0.813. The van der Waals surface area contributed by atoms with Crippen LogP contribution in [0.5, 0.6) is 0 Å². The zero-order chi connectivity index (χ0) is 11.4. The van der Waals surface area contributed by atoms with Crippen molar-refractivity contribution >= 4 is 12.1 Å². The van der Waals surface area contributed by atoms with Crippen LogP contribution < -0.4 is 5.48 Å². The van der Waals surface area contributed by atoms with Gasteiger partial charge in [-0.2, -0.15) is 0 Å². The molecule has 80 valence electrons. The van der Waals surface area contributed by atoms with E-state index in [4.69, 9.17) is 4.74 Å². The Morgan fingerprint density at radius 1 is 1.29 bits per heavy atom. The van der Waals surface area contributed by atoms with E-state index in [-0.39, 0.29) is 5.57 Å². The highest BCUT2D eigenvalue weighted by atomic mass is 16.7. The number of nitrogens with one attached hydrogen (secondary N) is 1. The predicted molar refractivity (Wildman–Crippen MR) is 50.3 cm³/mol. The standard InChI is InChI=1S/C9H15NO4/c1-6(2)7(11)14-10-8(12)13-9(3,4)5/h1H2,2-5H3,(H,10,12). The van der Waals surface area contributed by atoms with Crippen molar-refractivity contribution in [3.05, 3.63) is 12.2 Å². The van der Waals surface area contributed by atoms with Crippen LogP contribution in [-0.2, 0) is 14.4 Å². The smallest absolute Gasteiger partial charge is 0.441 e. The fourth-order valence-electron chi connectivity index (χ4n) is 0.474. The second-order valence-electron chi connectivity index (χ2n) is 3.77. The highest BCUT2D eigenvalue weighted by Crippen LogP contribution is 2.06. The van der Waals surface area contributed by atoms with Crippen LogP contribution in [0.2, 0.25) is 0 Å². The lowest BCUT2D eigenvalue weighted by molar-refractivity contribution is -0.145. The van der Waals surface area contributed by atoms with Crippen molar-refractivity contribution in [3.63, 3.8) is 0 Å². The van der Waals surface area contributed by atoms with E-state index < -0.39 is 17.7 Å². The summed E-state index contributed by atoms with van der Waals surface area (Å²) in [5, 5.41) is 0. The van der Waals surface area contributed by atoms with Crippen molar-refractivity contribution in [2.24, 2.45) is 0 Å². The molecule has 0 saturated heterocycles. The molecule has 1 N–H and O–H groups in total. The van der Waals surface area contributed by atoms with Crippen LogP contribution in [0.4, 0.5) is 4.79 Å². The molecule has 0 heterocycles. The zero-order valence-corrected chi connectivity index (χ0v) is 8.84. The van der Waals surface area contributed by atoms with E-state index in [1.807, 2.05) is 5.48 Å². The van der Waals surface area contributed by atoms with Crippen molar-refractivity contribution < 1.29 is 19.2 Å². The summed E-state index contributed by atoms with van der Waals surface area (Å²) in [6, 6.07) is 0. The van der Waals surface area contributed by atoms with Gasteiger partial charge in [0, 0.05) is 5.57 Å². The molecular formula is C9H15NO4. The van der Waals surface area contributed by atoms with Crippen LogP contribution in [-0.4, -0.2) is 17.7 Å². The minimum atomic E-state index is -0.813. The molecule has 0 atom stereocenters. The third-order valence-corrected chi connectivity index (χ3v) is 0.974. The van der Waals surface area contributed by atoms with E-state index in [0.717, 1.165) is 0 Å². The van der Waals surface area contributed by atoms with Gasteiger partial charge in [0.05, 0.1) is 0 Å². The average molecular weight is 201 g/mol. The molecule has 5 nitrogen and oxygen atoms in total. The molecule has 1 amide bonds. The number of carbonyl (C=O) groups is 2. The molecule has 0 aromatic heterocycles. The molecule has 14 heavy (non-hydrogen) atoms. The highest BCUT2D eigenvalue weighted by molar-refractivity contribution is 5.87. The second-order valence-corrected chi connectivity index (χ2v) is 3.77. The topological polar surface area (TPSA) is 64.6 Å². The normalized spacial score (nSPS) is 10.3. The van der Waals surface area contributed by atoms with Crippen molar-refractivity contribution in [1.29, 1.82) is 0 Å². The van der Waals surface area contributed by atoms with E-state index in [1.165, 1.54) is 6.92 Å². The summed E-state index contributed by atoms with van der Waals surface area (Å²) in [7, 11) is 0.